The van der Waals surface area contributed by atoms with Crippen LogP contribution in [-0.4, -0.2) is 19.0 Å². The zero-order valence-corrected chi connectivity index (χ0v) is 12.6. The van der Waals surface area contributed by atoms with Gasteiger partial charge in [0.2, 0.25) is 5.91 Å². The number of carbonyl (C=O) groups is 2. The van der Waals surface area contributed by atoms with Crippen LogP contribution >= 0.6 is 0 Å². The summed E-state index contributed by atoms with van der Waals surface area (Å²) in [6.07, 6.45) is 0.326. The third-order valence-corrected chi connectivity index (χ3v) is 3.13. The highest BCUT2D eigenvalue weighted by Gasteiger charge is 2.04. The van der Waals surface area contributed by atoms with E-state index >= 15 is 0 Å². The molecule has 0 aliphatic carbocycles. The Balaban J connectivity index is 1.93. The number of hydrogen-bond acceptors (Lipinski definition) is 2. The Morgan fingerprint density at radius 3 is 2.27 bits per heavy atom. The average Bonchev–Trinajstić information content (AvgIpc) is 2.49. The summed E-state index contributed by atoms with van der Waals surface area (Å²) in [6.45, 7) is 1.97. The average molecular weight is 297 g/mol. The number of benzene rings is 2. The molecule has 2 aromatic carbocycles. The zero-order chi connectivity index (χ0) is 15.9. The van der Waals surface area contributed by atoms with Gasteiger partial charge in [0.15, 0.2) is 0 Å². The van der Waals surface area contributed by atoms with Crippen molar-refractivity contribution in [2.45, 2.75) is 13.3 Å². The summed E-state index contributed by atoms with van der Waals surface area (Å²) in [7, 11) is 1.61. The number of hydrogen-bond donors (Lipinski definition) is 3. The van der Waals surface area contributed by atoms with Gasteiger partial charge in [0.25, 0.3) is 0 Å². The number of likely N-dealkylation sites (N-methyl/N-ethyl adjacent to an activating group) is 1. The number of urea groups is 1. The molecule has 0 heterocycles. The van der Waals surface area contributed by atoms with Crippen LogP contribution in [0.5, 0.6) is 0 Å². The van der Waals surface area contributed by atoms with Gasteiger partial charge >= 0.3 is 6.03 Å². The van der Waals surface area contributed by atoms with Gasteiger partial charge in [-0.25, -0.2) is 4.79 Å². The van der Waals surface area contributed by atoms with Gasteiger partial charge in [-0.3, -0.25) is 4.79 Å². The van der Waals surface area contributed by atoms with E-state index in [0.717, 1.165) is 16.8 Å². The third-order valence-electron chi connectivity index (χ3n) is 3.13. The summed E-state index contributed by atoms with van der Waals surface area (Å²) < 4.78 is 0. The fraction of sp³-hybridized carbons (Fsp3) is 0.176. The number of anilines is 2. The molecule has 0 saturated carbocycles. The number of carbonyl (C=O) groups excluding carboxylic acids is 2. The summed E-state index contributed by atoms with van der Waals surface area (Å²) in [5, 5.41) is 8.10. The van der Waals surface area contributed by atoms with Crippen LogP contribution in [0, 0.1) is 6.92 Å². The van der Waals surface area contributed by atoms with E-state index in [-0.39, 0.29) is 11.9 Å². The lowest BCUT2D eigenvalue weighted by molar-refractivity contribution is -0.119. The van der Waals surface area contributed by atoms with Crippen molar-refractivity contribution in [2.75, 3.05) is 17.7 Å². The standard InChI is InChI=1S/C17H19N3O2/c1-12-4-3-5-15(10-12)20-17(22)19-14-8-6-13(7-9-14)11-16(21)18-2/h3-10H,11H2,1-2H3,(H,18,21)(H2,19,20,22). The van der Waals surface area contributed by atoms with E-state index in [9.17, 15) is 9.59 Å². The molecule has 0 saturated heterocycles. The quantitative estimate of drug-likeness (QED) is 0.812. The highest BCUT2D eigenvalue weighted by Crippen LogP contribution is 2.13. The Bertz CT molecular complexity index is 666. The van der Waals surface area contributed by atoms with Crippen molar-refractivity contribution in [3.63, 3.8) is 0 Å². The maximum absolute atomic E-state index is 11.9. The van der Waals surface area contributed by atoms with Crippen LogP contribution in [0.3, 0.4) is 0 Å². The van der Waals surface area contributed by atoms with Gasteiger partial charge in [0, 0.05) is 18.4 Å². The number of aryl methyl sites for hydroxylation is 1. The minimum atomic E-state index is -0.301. The molecular weight excluding hydrogens is 278 g/mol. The molecule has 0 spiro atoms. The molecule has 22 heavy (non-hydrogen) atoms. The van der Waals surface area contributed by atoms with Gasteiger partial charge in [-0.2, -0.15) is 0 Å². The summed E-state index contributed by atoms with van der Waals surface area (Å²) in [6, 6.07) is 14.5. The molecule has 3 N–H and O–H groups in total. The first-order valence-electron chi connectivity index (χ1n) is 7.01. The van der Waals surface area contributed by atoms with E-state index < -0.39 is 0 Å². The van der Waals surface area contributed by atoms with Gasteiger partial charge in [-0.1, -0.05) is 24.3 Å². The van der Waals surface area contributed by atoms with E-state index in [4.69, 9.17) is 0 Å². The van der Waals surface area contributed by atoms with Crippen LogP contribution in [0.15, 0.2) is 48.5 Å². The van der Waals surface area contributed by atoms with Crippen LogP contribution in [0.1, 0.15) is 11.1 Å². The molecule has 0 unspecified atom stereocenters. The largest absolute Gasteiger partial charge is 0.359 e. The minimum Gasteiger partial charge on any atom is -0.359 e. The Morgan fingerprint density at radius 2 is 1.64 bits per heavy atom. The highest BCUT2D eigenvalue weighted by atomic mass is 16.2. The summed E-state index contributed by atoms with van der Waals surface area (Å²) >= 11 is 0. The molecule has 2 aromatic rings. The van der Waals surface area contributed by atoms with Crippen molar-refractivity contribution < 1.29 is 9.59 Å². The molecule has 0 aliphatic heterocycles. The van der Waals surface area contributed by atoms with Crippen LogP contribution in [0.25, 0.3) is 0 Å². The Hall–Kier alpha value is -2.82. The molecule has 114 valence electrons. The van der Waals surface area contributed by atoms with E-state index in [0.29, 0.717) is 12.1 Å². The smallest absolute Gasteiger partial charge is 0.323 e. The molecule has 0 fully saturated rings. The van der Waals surface area contributed by atoms with Crippen LogP contribution in [0.4, 0.5) is 16.2 Å². The van der Waals surface area contributed by atoms with Crippen LogP contribution < -0.4 is 16.0 Å². The van der Waals surface area contributed by atoms with Gasteiger partial charge in [0.1, 0.15) is 0 Å². The maximum atomic E-state index is 11.9. The molecule has 0 bridgehead atoms. The topological polar surface area (TPSA) is 70.2 Å². The van der Waals surface area contributed by atoms with E-state index in [1.807, 2.05) is 43.3 Å². The van der Waals surface area contributed by atoms with E-state index in [1.54, 1.807) is 19.2 Å². The zero-order valence-electron chi connectivity index (χ0n) is 12.6. The minimum absolute atomic E-state index is 0.0436. The molecule has 2 rings (SSSR count). The first-order valence-corrected chi connectivity index (χ1v) is 7.01. The number of amides is 3. The Labute approximate surface area is 129 Å². The van der Waals surface area contributed by atoms with Crippen molar-refractivity contribution in [3.8, 4) is 0 Å². The fourth-order valence-electron chi connectivity index (χ4n) is 2.00. The normalized spacial score (nSPS) is 9.91. The van der Waals surface area contributed by atoms with Crippen molar-refractivity contribution >= 4 is 23.3 Å². The maximum Gasteiger partial charge on any atom is 0.323 e. The van der Waals surface area contributed by atoms with Gasteiger partial charge in [-0.15, -0.1) is 0 Å². The molecule has 5 heteroatoms. The first-order chi connectivity index (χ1) is 10.6. The lowest BCUT2D eigenvalue weighted by Crippen LogP contribution is -2.20. The van der Waals surface area contributed by atoms with Crippen molar-refractivity contribution in [1.29, 1.82) is 0 Å². The monoisotopic (exact) mass is 297 g/mol. The second-order valence-corrected chi connectivity index (χ2v) is 5.00. The van der Waals surface area contributed by atoms with Crippen LogP contribution in [0.2, 0.25) is 0 Å². The highest BCUT2D eigenvalue weighted by molar-refractivity contribution is 5.99. The number of nitrogens with one attached hydrogen (secondary N) is 3. The summed E-state index contributed by atoms with van der Waals surface area (Å²) in [5.41, 5.74) is 3.39. The summed E-state index contributed by atoms with van der Waals surface area (Å²) in [4.78, 5) is 23.2. The summed E-state index contributed by atoms with van der Waals surface area (Å²) in [5.74, 6) is -0.0436. The second-order valence-electron chi connectivity index (χ2n) is 5.00. The predicted molar refractivity (Wildman–Crippen MR) is 88.0 cm³/mol. The third kappa shape index (κ3) is 4.63. The van der Waals surface area contributed by atoms with Crippen LogP contribution in [-0.2, 0) is 11.2 Å². The molecule has 0 radical (unpaired) electrons. The van der Waals surface area contributed by atoms with Gasteiger partial charge < -0.3 is 16.0 Å². The van der Waals surface area contributed by atoms with E-state index in [1.165, 1.54) is 0 Å². The molecule has 0 aromatic heterocycles. The molecule has 0 atom stereocenters. The molecular formula is C17H19N3O2. The van der Waals surface area contributed by atoms with Gasteiger partial charge in [-0.05, 0) is 42.3 Å². The lowest BCUT2D eigenvalue weighted by Gasteiger charge is -2.09. The van der Waals surface area contributed by atoms with Crippen molar-refractivity contribution in [1.82, 2.24) is 5.32 Å². The SMILES string of the molecule is CNC(=O)Cc1ccc(NC(=O)Nc2cccc(C)c2)cc1. The van der Waals surface area contributed by atoms with Crippen molar-refractivity contribution in [3.05, 3.63) is 59.7 Å². The molecule has 3 amide bonds. The molecule has 0 aliphatic rings. The lowest BCUT2D eigenvalue weighted by atomic mass is 10.1. The van der Waals surface area contributed by atoms with Gasteiger partial charge in [0.05, 0.1) is 6.42 Å². The predicted octanol–water partition coefficient (Wildman–Crippen LogP) is 2.93. The first kappa shape index (κ1) is 15.6. The Kier molecular flexibility index (Phi) is 5.14. The fourth-order valence-corrected chi connectivity index (χ4v) is 2.00. The van der Waals surface area contributed by atoms with E-state index in [2.05, 4.69) is 16.0 Å². The number of rotatable bonds is 4. The molecule has 5 nitrogen and oxygen atoms in total. The second kappa shape index (κ2) is 7.26. The Morgan fingerprint density at radius 1 is 0.955 bits per heavy atom. The van der Waals surface area contributed by atoms with Crippen molar-refractivity contribution in [2.24, 2.45) is 0 Å².